The van der Waals surface area contributed by atoms with E-state index in [1.165, 1.54) is 49.8 Å². The van der Waals surface area contributed by atoms with Gasteiger partial charge in [0.25, 0.3) is 0 Å². The highest BCUT2D eigenvalue weighted by molar-refractivity contribution is 6.89. The molecule has 0 spiro atoms. The molecular weight excluding hydrogens is 282 g/mol. The third kappa shape index (κ3) is 4.55. The normalized spacial score (nSPS) is 17.8. The van der Waals surface area contributed by atoms with E-state index in [1.807, 2.05) is 0 Å². The quantitative estimate of drug-likeness (QED) is 0.648. The molecular formula is C20H33NSi. The summed E-state index contributed by atoms with van der Waals surface area (Å²) in [6.45, 7) is 11.7. The molecule has 1 nitrogen and oxygen atoms in total. The molecule has 0 aromatic carbocycles. The molecule has 1 aliphatic carbocycles. The smallest absolute Gasteiger partial charge is 0.0799 e. The fraction of sp³-hybridized carbons (Fsp3) is 0.650. The first-order valence-electron chi connectivity index (χ1n) is 9.08. The van der Waals surface area contributed by atoms with Crippen LogP contribution in [0, 0.1) is 5.92 Å². The molecule has 1 saturated carbocycles. The average molecular weight is 316 g/mol. The summed E-state index contributed by atoms with van der Waals surface area (Å²) in [4.78, 5) is 4.78. The fourth-order valence-electron chi connectivity index (χ4n) is 3.67. The van der Waals surface area contributed by atoms with Crippen molar-refractivity contribution in [2.75, 3.05) is 0 Å². The van der Waals surface area contributed by atoms with Crippen LogP contribution < -0.4 is 5.19 Å². The van der Waals surface area contributed by atoms with Gasteiger partial charge in [-0.2, -0.15) is 0 Å². The largest absolute Gasteiger partial charge is 0.257 e. The number of nitrogens with zero attached hydrogens (tertiary/aromatic N) is 1. The standard InChI is InChI=1S/C20H33NSi/c1-6-10-16(2)19-14-18(13-17-11-8-7-9-12-17)20(15-21-19)22(3,4)5/h10,14-15,17H,6-9,11-13H2,1-5H3/b16-10+. The molecule has 1 fully saturated rings. The van der Waals surface area contributed by atoms with E-state index in [9.17, 15) is 0 Å². The minimum Gasteiger partial charge on any atom is -0.257 e. The Morgan fingerprint density at radius 2 is 1.91 bits per heavy atom. The van der Waals surface area contributed by atoms with Crippen LogP contribution in [0.1, 0.15) is 63.6 Å². The molecule has 1 aliphatic rings. The lowest BCUT2D eigenvalue weighted by Gasteiger charge is -2.26. The monoisotopic (exact) mass is 315 g/mol. The van der Waals surface area contributed by atoms with E-state index in [1.54, 1.807) is 10.8 Å². The van der Waals surface area contributed by atoms with Crippen LogP contribution in [0.25, 0.3) is 5.57 Å². The molecule has 0 saturated heterocycles. The minimum absolute atomic E-state index is 0.898. The van der Waals surface area contributed by atoms with Crippen LogP contribution >= 0.6 is 0 Å². The number of rotatable bonds is 5. The van der Waals surface area contributed by atoms with Gasteiger partial charge in [-0.3, -0.25) is 4.98 Å². The van der Waals surface area contributed by atoms with Gasteiger partial charge in [-0.25, -0.2) is 0 Å². The average Bonchev–Trinajstić information content (AvgIpc) is 2.47. The molecule has 1 heterocycles. The zero-order valence-electron chi connectivity index (χ0n) is 15.2. The molecule has 0 aliphatic heterocycles. The van der Waals surface area contributed by atoms with Gasteiger partial charge >= 0.3 is 0 Å². The van der Waals surface area contributed by atoms with E-state index < -0.39 is 8.07 Å². The van der Waals surface area contributed by atoms with Gasteiger partial charge in [-0.15, -0.1) is 0 Å². The van der Waals surface area contributed by atoms with Gasteiger partial charge in [0, 0.05) is 6.20 Å². The molecule has 122 valence electrons. The van der Waals surface area contributed by atoms with Crippen molar-refractivity contribution in [1.82, 2.24) is 4.98 Å². The molecule has 1 aromatic heterocycles. The highest BCUT2D eigenvalue weighted by Gasteiger charge is 2.23. The summed E-state index contributed by atoms with van der Waals surface area (Å²) in [6.07, 6.45) is 14.0. The first kappa shape index (κ1) is 17.5. The second-order valence-corrected chi connectivity index (χ2v) is 13.0. The van der Waals surface area contributed by atoms with Crippen molar-refractivity contribution in [3.63, 3.8) is 0 Å². The topological polar surface area (TPSA) is 12.9 Å². The van der Waals surface area contributed by atoms with Crippen LogP contribution in [0.5, 0.6) is 0 Å². The summed E-state index contributed by atoms with van der Waals surface area (Å²) in [5, 5.41) is 1.58. The van der Waals surface area contributed by atoms with Crippen molar-refractivity contribution in [3.05, 3.63) is 29.6 Å². The summed E-state index contributed by atoms with van der Waals surface area (Å²) in [5.41, 5.74) is 4.11. The second-order valence-electron chi connectivity index (χ2n) is 7.98. The Kier molecular flexibility index (Phi) is 6.02. The van der Waals surface area contributed by atoms with Crippen LogP contribution in [0.3, 0.4) is 0 Å². The van der Waals surface area contributed by atoms with Crippen molar-refractivity contribution >= 4 is 18.8 Å². The minimum atomic E-state index is -1.32. The Hall–Kier alpha value is -0.893. The number of allylic oxidation sites excluding steroid dienone is 2. The van der Waals surface area contributed by atoms with Crippen LogP contribution in [-0.4, -0.2) is 13.1 Å². The summed E-state index contributed by atoms with van der Waals surface area (Å²) in [7, 11) is -1.32. The number of hydrogen-bond donors (Lipinski definition) is 0. The molecule has 2 heteroatoms. The van der Waals surface area contributed by atoms with E-state index >= 15 is 0 Å². The molecule has 1 aromatic rings. The van der Waals surface area contributed by atoms with Gasteiger partial charge in [-0.05, 0) is 48.1 Å². The van der Waals surface area contributed by atoms with Gasteiger partial charge in [0.1, 0.15) is 0 Å². The van der Waals surface area contributed by atoms with Crippen LogP contribution in [-0.2, 0) is 6.42 Å². The molecule has 0 radical (unpaired) electrons. The van der Waals surface area contributed by atoms with E-state index in [4.69, 9.17) is 4.98 Å². The lowest BCUT2D eigenvalue weighted by atomic mass is 9.85. The lowest BCUT2D eigenvalue weighted by Crippen LogP contribution is -2.41. The van der Waals surface area contributed by atoms with Gasteiger partial charge in [0.2, 0.25) is 0 Å². The maximum absolute atomic E-state index is 4.78. The third-order valence-corrected chi connectivity index (χ3v) is 7.01. The second kappa shape index (κ2) is 7.59. The molecule has 0 amide bonds. The maximum Gasteiger partial charge on any atom is 0.0799 e. The molecule has 2 rings (SSSR count). The SMILES string of the molecule is CC/C=C(\C)c1cc(CC2CCCCC2)c([Si](C)(C)C)cn1. The molecule has 22 heavy (non-hydrogen) atoms. The lowest BCUT2D eigenvalue weighted by molar-refractivity contribution is 0.357. The van der Waals surface area contributed by atoms with Crippen molar-refractivity contribution in [2.24, 2.45) is 5.92 Å². The third-order valence-electron chi connectivity index (χ3n) is 4.95. The van der Waals surface area contributed by atoms with E-state index in [-0.39, 0.29) is 0 Å². The van der Waals surface area contributed by atoms with Crippen molar-refractivity contribution in [2.45, 2.75) is 78.4 Å². The molecule has 0 atom stereocenters. The Morgan fingerprint density at radius 3 is 2.50 bits per heavy atom. The Labute approximate surface area is 138 Å². The highest BCUT2D eigenvalue weighted by atomic mass is 28.3. The summed E-state index contributed by atoms with van der Waals surface area (Å²) < 4.78 is 0. The first-order valence-corrected chi connectivity index (χ1v) is 12.6. The number of pyridine rings is 1. The Bertz CT molecular complexity index is 519. The fourth-order valence-corrected chi connectivity index (χ4v) is 5.26. The van der Waals surface area contributed by atoms with Gasteiger partial charge < -0.3 is 0 Å². The van der Waals surface area contributed by atoms with E-state index in [0.29, 0.717) is 0 Å². The van der Waals surface area contributed by atoms with Crippen LogP contribution in [0.15, 0.2) is 18.3 Å². The van der Waals surface area contributed by atoms with Gasteiger partial charge in [-0.1, -0.05) is 64.7 Å². The number of aromatic nitrogens is 1. The molecule has 0 N–H and O–H groups in total. The van der Waals surface area contributed by atoms with Gasteiger partial charge in [0.05, 0.1) is 13.8 Å². The predicted molar refractivity (Wildman–Crippen MR) is 101 cm³/mol. The van der Waals surface area contributed by atoms with Gasteiger partial charge in [0.15, 0.2) is 0 Å². The Balaban J connectivity index is 2.32. The summed E-state index contributed by atoms with van der Waals surface area (Å²) in [6, 6.07) is 2.41. The number of hydrogen-bond acceptors (Lipinski definition) is 1. The summed E-state index contributed by atoms with van der Waals surface area (Å²) in [5.74, 6) is 0.898. The van der Waals surface area contributed by atoms with Crippen LogP contribution in [0.2, 0.25) is 19.6 Å². The Morgan fingerprint density at radius 1 is 1.23 bits per heavy atom. The molecule has 0 unspecified atom stereocenters. The van der Waals surface area contributed by atoms with E-state index in [2.05, 4.69) is 51.8 Å². The van der Waals surface area contributed by atoms with Crippen LogP contribution in [0.4, 0.5) is 0 Å². The van der Waals surface area contributed by atoms with Crippen molar-refractivity contribution in [1.29, 1.82) is 0 Å². The predicted octanol–water partition coefficient (Wildman–Crippen LogP) is 5.56. The first-order chi connectivity index (χ1) is 10.4. The zero-order valence-corrected chi connectivity index (χ0v) is 16.2. The van der Waals surface area contributed by atoms with E-state index in [0.717, 1.165) is 12.3 Å². The highest BCUT2D eigenvalue weighted by Crippen LogP contribution is 2.27. The maximum atomic E-state index is 4.78. The zero-order chi connectivity index (χ0) is 16.2. The van der Waals surface area contributed by atoms with Crippen molar-refractivity contribution in [3.8, 4) is 0 Å². The van der Waals surface area contributed by atoms with Crippen molar-refractivity contribution < 1.29 is 0 Å². The summed E-state index contributed by atoms with van der Waals surface area (Å²) >= 11 is 0. The molecule has 0 bridgehead atoms.